The minimum Gasteiger partial charge on any atom is -0.493 e. The van der Waals surface area contributed by atoms with Crippen LogP contribution in [-0.4, -0.2) is 83.3 Å². The molecule has 0 aromatic heterocycles. The second kappa shape index (κ2) is 15.7. The number of rotatable bonds is 9. The highest BCUT2D eigenvalue weighted by molar-refractivity contribution is 5.76. The Kier molecular flexibility index (Phi) is 10.7. The highest BCUT2D eigenvalue weighted by Gasteiger charge is 2.50. The number of ether oxygens (including phenoxy) is 11. The van der Waals surface area contributed by atoms with E-state index in [1.165, 1.54) is 0 Å². The molecule has 0 amide bonds. The normalized spacial score (nSPS) is 26.9. The van der Waals surface area contributed by atoms with Gasteiger partial charge in [-0.2, -0.15) is 0 Å². The Labute approximate surface area is 295 Å². The van der Waals surface area contributed by atoms with Crippen molar-refractivity contribution in [3.63, 3.8) is 0 Å². The second-order valence-corrected chi connectivity index (χ2v) is 12.5. The van der Waals surface area contributed by atoms with Gasteiger partial charge in [-0.05, 0) is 47.9 Å². The van der Waals surface area contributed by atoms with Crippen LogP contribution in [-0.2, 0) is 41.5 Å². The molecule has 13 heteroatoms. The van der Waals surface area contributed by atoms with E-state index in [1.807, 2.05) is 54.6 Å². The van der Waals surface area contributed by atoms with Gasteiger partial charge < -0.3 is 57.2 Å². The number of terminal acetylenes is 1. The SMILES string of the molecule is C#CCOc1ccccc1COc1c(OC)cccc1OC.O=C1OCC2C1Cc1cc3c(cc1C2OC1CC(O)C2OCOCC2O1)OCO3. The summed E-state index contributed by atoms with van der Waals surface area (Å²) in [6.45, 7) is 1.51. The first kappa shape index (κ1) is 34.7. The third kappa shape index (κ3) is 7.37. The molecule has 3 saturated heterocycles. The average molecular weight is 705 g/mol. The summed E-state index contributed by atoms with van der Waals surface area (Å²) < 4.78 is 61.6. The summed E-state index contributed by atoms with van der Waals surface area (Å²) in [5.41, 5.74) is 2.83. The molecule has 7 unspecified atom stereocenters. The molecule has 1 N–H and O–H groups in total. The number of aliphatic hydroxyl groups excluding tert-OH is 1. The fraction of sp³-hybridized carbons (Fsp3) is 0.447. The Morgan fingerprint density at radius 2 is 1.69 bits per heavy atom. The van der Waals surface area contributed by atoms with Crippen LogP contribution in [0.4, 0.5) is 0 Å². The van der Waals surface area contributed by atoms with Crippen LogP contribution in [0.25, 0.3) is 0 Å². The van der Waals surface area contributed by atoms with E-state index in [0.717, 1.165) is 16.7 Å². The lowest BCUT2D eigenvalue weighted by molar-refractivity contribution is -0.319. The first-order valence-electron chi connectivity index (χ1n) is 16.7. The first-order valence-corrected chi connectivity index (χ1v) is 16.7. The number of fused-ring (bicyclic) bond motifs is 4. The summed E-state index contributed by atoms with van der Waals surface area (Å²) in [6.07, 6.45) is 3.51. The number of carbonyl (C=O) groups excluding carboxylic acids is 1. The van der Waals surface area contributed by atoms with E-state index in [2.05, 4.69) is 5.92 Å². The van der Waals surface area contributed by atoms with Gasteiger partial charge in [0.2, 0.25) is 12.5 Å². The summed E-state index contributed by atoms with van der Waals surface area (Å²) in [7, 11) is 3.18. The van der Waals surface area contributed by atoms with Crippen molar-refractivity contribution in [3.8, 4) is 46.8 Å². The first-order chi connectivity index (χ1) is 25.0. The molecule has 3 aromatic carbocycles. The lowest BCUT2D eigenvalue weighted by Crippen LogP contribution is -2.55. The number of para-hydroxylation sites is 2. The molecule has 1 aliphatic carbocycles. The largest absolute Gasteiger partial charge is 0.493 e. The summed E-state index contributed by atoms with van der Waals surface area (Å²) in [4.78, 5) is 12.3. The van der Waals surface area contributed by atoms with Crippen molar-refractivity contribution in [2.75, 3.05) is 47.6 Å². The minimum atomic E-state index is -0.709. The maximum atomic E-state index is 12.3. The van der Waals surface area contributed by atoms with Gasteiger partial charge in [-0.15, -0.1) is 6.42 Å². The molecule has 51 heavy (non-hydrogen) atoms. The van der Waals surface area contributed by atoms with Crippen molar-refractivity contribution in [2.24, 2.45) is 11.8 Å². The van der Waals surface area contributed by atoms with Gasteiger partial charge in [-0.1, -0.05) is 30.2 Å². The summed E-state index contributed by atoms with van der Waals surface area (Å²) in [5.74, 6) is 5.69. The predicted molar refractivity (Wildman–Crippen MR) is 178 cm³/mol. The zero-order valence-corrected chi connectivity index (χ0v) is 28.3. The van der Waals surface area contributed by atoms with Gasteiger partial charge in [0.25, 0.3) is 0 Å². The number of esters is 1. The summed E-state index contributed by atoms with van der Waals surface area (Å²) in [6, 6.07) is 16.9. The predicted octanol–water partition coefficient (Wildman–Crippen LogP) is 3.96. The van der Waals surface area contributed by atoms with Gasteiger partial charge in [0.1, 0.15) is 38.0 Å². The second-order valence-electron chi connectivity index (χ2n) is 12.5. The number of aliphatic hydroxyl groups is 1. The van der Waals surface area contributed by atoms with E-state index in [4.69, 9.17) is 58.5 Å². The van der Waals surface area contributed by atoms with E-state index in [9.17, 15) is 9.90 Å². The molecule has 4 heterocycles. The number of benzene rings is 3. The highest BCUT2D eigenvalue weighted by Crippen LogP contribution is 2.49. The Morgan fingerprint density at radius 1 is 0.922 bits per heavy atom. The number of carbonyl (C=O) groups is 1. The Balaban J connectivity index is 0.000000167. The van der Waals surface area contributed by atoms with Gasteiger partial charge in [0.15, 0.2) is 29.3 Å². The van der Waals surface area contributed by atoms with Crippen LogP contribution < -0.4 is 28.4 Å². The van der Waals surface area contributed by atoms with E-state index >= 15 is 0 Å². The van der Waals surface area contributed by atoms with E-state index in [0.29, 0.717) is 60.7 Å². The minimum absolute atomic E-state index is 0.118. The van der Waals surface area contributed by atoms with Crippen molar-refractivity contribution in [3.05, 3.63) is 71.3 Å². The number of methoxy groups -OCH3 is 2. The van der Waals surface area contributed by atoms with Gasteiger partial charge in [0.05, 0.1) is 45.6 Å². The van der Waals surface area contributed by atoms with E-state index in [-0.39, 0.29) is 44.4 Å². The van der Waals surface area contributed by atoms with E-state index < -0.39 is 30.7 Å². The fourth-order valence-corrected chi connectivity index (χ4v) is 6.99. The van der Waals surface area contributed by atoms with Crippen LogP contribution in [0.5, 0.6) is 34.5 Å². The van der Waals surface area contributed by atoms with Gasteiger partial charge in [-0.25, -0.2) is 0 Å². The van der Waals surface area contributed by atoms with Crippen molar-refractivity contribution < 1.29 is 62.0 Å². The Hall–Kier alpha value is -4.71. The quantitative estimate of drug-likeness (QED) is 0.254. The van der Waals surface area contributed by atoms with Crippen molar-refractivity contribution >= 4 is 5.97 Å². The van der Waals surface area contributed by atoms with Gasteiger partial charge in [0, 0.05) is 17.9 Å². The molecular weight excluding hydrogens is 664 g/mol. The maximum Gasteiger partial charge on any atom is 0.309 e. The molecule has 13 nitrogen and oxygen atoms in total. The number of hydrogen-bond acceptors (Lipinski definition) is 13. The van der Waals surface area contributed by atoms with Gasteiger partial charge >= 0.3 is 5.97 Å². The lowest BCUT2D eigenvalue weighted by atomic mass is 9.75. The molecule has 0 saturated carbocycles. The molecule has 0 bridgehead atoms. The molecule has 0 radical (unpaired) electrons. The van der Waals surface area contributed by atoms with E-state index in [1.54, 1.807) is 14.2 Å². The van der Waals surface area contributed by atoms with Gasteiger partial charge in [-0.3, -0.25) is 4.79 Å². The molecule has 5 aliphatic rings. The molecule has 3 fully saturated rings. The number of cyclic esters (lactones) is 1. The third-order valence-corrected chi connectivity index (χ3v) is 9.48. The van der Waals surface area contributed by atoms with Crippen LogP contribution in [0.15, 0.2) is 54.6 Å². The lowest BCUT2D eigenvalue weighted by Gasteiger charge is -2.43. The summed E-state index contributed by atoms with van der Waals surface area (Å²) >= 11 is 0. The van der Waals surface area contributed by atoms with Crippen molar-refractivity contribution in [1.82, 2.24) is 0 Å². The molecule has 8 rings (SSSR count). The molecular formula is C38H40O13. The maximum absolute atomic E-state index is 12.3. The monoisotopic (exact) mass is 704 g/mol. The third-order valence-electron chi connectivity index (χ3n) is 9.48. The topological polar surface area (TPSA) is 139 Å². The molecule has 3 aromatic rings. The molecule has 4 aliphatic heterocycles. The van der Waals surface area contributed by atoms with Crippen molar-refractivity contribution in [1.29, 1.82) is 0 Å². The van der Waals surface area contributed by atoms with Crippen LogP contribution in [0.2, 0.25) is 0 Å². The van der Waals surface area contributed by atoms with Crippen LogP contribution in [0.1, 0.15) is 29.2 Å². The molecule has 0 spiro atoms. The Morgan fingerprint density at radius 3 is 2.47 bits per heavy atom. The van der Waals surface area contributed by atoms with Crippen LogP contribution in [0.3, 0.4) is 0 Å². The average Bonchev–Trinajstić information content (AvgIpc) is 3.78. The number of hydrogen-bond donors (Lipinski definition) is 1. The smallest absolute Gasteiger partial charge is 0.309 e. The van der Waals surface area contributed by atoms with Crippen LogP contribution in [0, 0.1) is 24.2 Å². The zero-order valence-electron chi connectivity index (χ0n) is 28.3. The zero-order chi connectivity index (χ0) is 35.3. The fourth-order valence-electron chi connectivity index (χ4n) is 6.99. The van der Waals surface area contributed by atoms with Crippen molar-refractivity contribution in [2.45, 2.75) is 50.2 Å². The molecule has 7 atom stereocenters. The molecule has 270 valence electrons. The summed E-state index contributed by atoms with van der Waals surface area (Å²) in [5, 5.41) is 10.5. The standard InChI is InChI=1S/C20H22O9.C18H18O4/c21-13-4-17(28-16-6-23-7-27-19(13)16)29-18-10-3-15-14(25-8-26-15)2-9(10)1-11-12(18)5-24-20(11)22;1-4-12-21-15-9-6-5-8-14(15)13-22-18-16(19-2)10-7-11-17(18)20-3/h2-3,11-13,16-19,21H,1,4-8H2;1,5-11H,12-13H2,2-3H3. The van der Waals surface area contributed by atoms with Crippen LogP contribution >= 0.6 is 0 Å². The highest BCUT2D eigenvalue weighted by atomic mass is 16.7. The Bertz CT molecular complexity index is 1710.